The summed E-state index contributed by atoms with van der Waals surface area (Å²) in [4.78, 5) is 0. The standard InChI is InChI=1S/2CHF3.HI.H2S/c2*2-1(3)4;;/h2*1H;1H;1H2. The van der Waals surface area contributed by atoms with Gasteiger partial charge in [0.15, 0.2) is 0 Å². The Kier molecular flexibility index (Phi) is 36.6. The predicted octanol–water partition coefficient (Wildman–Crippen LogP) is -1.44. The Bertz CT molecular complexity index is 31.2. The summed E-state index contributed by atoms with van der Waals surface area (Å²) in [7, 11) is 0. The lowest BCUT2D eigenvalue weighted by Crippen LogP contribution is -3.00. The van der Waals surface area contributed by atoms with Gasteiger partial charge >= 0.3 is 13.4 Å². The van der Waals surface area contributed by atoms with E-state index in [2.05, 4.69) is 0 Å². The first kappa shape index (κ1) is 22.4. The summed E-state index contributed by atoms with van der Waals surface area (Å²) < 4.78 is 58.0. The molecule has 0 aliphatic carbocycles. The van der Waals surface area contributed by atoms with Crippen LogP contribution >= 0.6 is 0 Å². The number of rotatable bonds is 0. The summed E-state index contributed by atoms with van der Waals surface area (Å²) in [5.74, 6) is 0. The van der Waals surface area contributed by atoms with Crippen LogP contribution in [0, 0.1) is 0 Å². The molecule has 0 spiro atoms. The van der Waals surface area contributed by atoms with Gasteiger partial charge < -0.3 is 24.0 Å². The van der Waals surface area contributed by atoms with E-state index in [-0.39, 0.29) is 37.5 Å². The molecule has 0 aliphatic rings. The molecular weight excluding hydrogens is 297 g/mol. The summed E-state index contributed by atoms with van der Waals surface area (Å²) in [6, 6.07) is 0. The molecule has 0 rings (SSSR count). The van der Waals surface area contributed by atoms with E-state index in [1.165, 1.54) is 0 Å². The first-order chi connectivity index (χ1) is 3.46. The van der Waals surface area contributed by atoms with E-state index in [0.717, 1.165) is 0 Å². The van der Waals surface area contributed by atoms with Gasteiger partial charge in [0, 0.05) is 0 Å². The molecule has 0 aromatic carbocycles. The lowest BCUT2D eigenvalue weighted by atomic mass is 11.6. The zero-order valence-corrected chi connectivity index (χ0v) is 7.69. The van der Waals surface area contributed by atoms with Crippen molar-refractivity contribution in [2.45, 2.75) is 13.4 Å². The van der Waals surface area contributed by atoms with E-state index in [4.69, 9.17) is 0 Å². The monoisotopic (exact) mass is 302 g/mol. The van der Waals surface area contributed by atoms with Crippen molar-refractivity contribution in [3.05, 3.63) is 0 Å². The van der Waals surface area contributed by atoms with E-state index in [1.807, 2.05) is 0 Å². The molecule has 0 saturated heterocycles. The number of hydrogen-bond donors (Lipinski definition) is 0. The van der Waals surface area contributed by atoms with E-state index >= 15 is 0 Å². The van der Waals surface area contributed by atoms with Gasteiger partial charge in [0.25, 0.3) is 0 Å². The molecule has 0 aromatic rings. The first-order valence-corrected chi connectivity index (χ1v) is 1.31. The Morgan fingerprint density at radius 2 is 0.600 bits per heavy atom. The Balaban J connectivity index is -0.0000000300. The number of hydrogen-bond acceptors (Lipinski definition) is 0. The average molecular weight is 302 g/mol. The van der Waals surface area contributed by atoms with Gasteiger partial charge in [-0.25, -0.2) is 0 Å². The van der Waals surface area contributed by atoms with Crippen LogP contribution in [0.15, 0.2) is 0 Å². The van der Waals surface area contributed by atoms with Crippen molar-refractivity contribution in [2.75, 3.05) is 0 Å². The minimum atomic E-state index is -3.67. The highest BCUT2D eigenvalue weighted by molar-refractivity contribution is 7.37. The van der Waals surface area contributed by atoms with Gasteiger partial charge in [0.2, 0.25) is 0 Å². The highest BCUT2D eigenvalue weighted by Gasteiger charge is 1.86. The Labute approximate surface area is 77.4 Å². The van der Waals surface area contributed by atoms with Crippen LogP contribution in [-0.4, -0.2) is 13.4 Å². The van der Waals surface area contributed by atoms with Crippen molar-refractivity contribution < 1.29 is 50.3 Å². The van der Waals surface area contributed by atoms with Gasteiger partial charge in [-0.2, -0.15) is 26.3 Å². The SMILES string of the molecule is FC(F)F.FC(F)F.[I-].[SH3+]. The molecule has 0 amide bonds. The van der Waals surface area contributed by atoms with Gasteiger partial charge in [-0.1, -0.05) is 13.5 Å². The van der Waals surface area contributed by atoms with Gasteiger partial charge in [-0.3, -0.25) is 0 Å². The topological polar surface area (TPSA) is 0 Å². The van der Waals surface area contributed by atoms with Crippen molar-refractivity contribution in [3.63, 3.8) is 0 Å². The van der Waals surface area contributed by atoms with Crippen LogP contribution in [0.1, 0.15) is 0 Å². The van der Waals surface area contributed by atoms with Crippen LogP contribution in [0.5, 0.6) is 0 Å². The first-order valence-electron chi connectivity index (χ1n) is 1.31. The Morgan fingerprint density at radius 1 is 0.600 bits per heavy atom. The van der Waals surface area contributed by atoms with Crippen molar-refractivity contribution in [1.29, 1.82) is 0 Å². The van der Waals surface area contributed by atoms with Gasteiger partial charge in [0.05, 0.1) is 0 Å². The highest BCUT2D eigenvalue weighted by atomic mass is 127. The third-order valence-corrected chi connectivity index (χ3v) is 0. The normalized spacial score (nSPS) is 7.20. The number of halogens is 7. The van der Waals surface area contributed by atoms with Crippen molar-refractivity contribution >= 4 is 13.5 Å². The zero-order valence-electron chi connectivity index (χ0n) is 4.38. The average Bonchev–Trinajstić information content (AvgIpc) is 1.25. The highest BCUT2D eigenvalue weighted by Crippen LogP contribution is 1.87. The molecule has 68 valence electrons. The van der Waals surface area contributed by atoms with Crippen LogP contribution in [0.25, 0.3) is 0 Å². The second kappa shape index (κ2) is 16.3. The summed E-state index contributed by atoms with van der Waals surface area (Å²) in [5.41, 5.74) is 0. The maximum Gasteiger partial charge on any atom is 0.379 e. The Hall–Kier alpha value is 0.660. The Morgan fingerprint density at radius 3 is 0.600 bits per heavy atom. The van der Waals surface area contributed by atoms with Crippen LogP contribution in [0.2, 0.25) is 0 Å². The summed E-state index contributed by atoms with van der Waals surface area (Å²) in [5, 5.41) is 0. The smallest absolute Gasteiger partial charge is 0.379 e. The molecule has 0 saturated carbocycles. The molecule has 0 atom stereocenters. The van der Waals surface area contributed by atoms with Gasteiger partial charge in [-0.05, 0) is 0 Å². The van der Waals surface area contributed by atoms with Crippen LogP contribution < -0.4 is 24.0 Å². The zero-order chi connectivity index (χ0) is 7.15. The second-order valence-corrected chi connectivity index (χ2v) is 0.495. The third-order valence-electron chi connectivity index (χ3n) is 0. The lowest BCUT2D eigenvalue weighted by Gasteiger charge is -1.65. The van der Waals surface area contributed by atoms with Crippen LogP contribution in [0.4, 0.5) is 26.3 Å². The fraction of sp³-hybridized carbons (Fsp3) is 1.00. The van der Waals surface area contributed by atoms with Crippen molar-refractivity contribution in [1.82, 2.24) is 0 Å². The molecule has 0 radical (unpaired) electrons. The molecule has 0 bridgehead atoms. The molecule has 10 heavy (non-hydrogen) atoms. The lowest BCUT2D eigenvalue weighted by molar-refractivity contribution is -0.000187. The van der Waals surface area contributed by atoms with Gasteiger partial charge in [0.1, 0.15) is 0 Å². The largest absolute Gasteiger partial charge is 1.00 e. The molecule has 0 heterocycles. The molecular formula is C2H5F6IS. The maximum atomic E-state index is 9.67. The van der Waals surface area contributed by atoms with Crippen molar-refractivity contribution in [2.24, 2.45) is 0 Å². The molecule has 0 N–H and O–H groups in total. The molecule has 0 aliphatic heterocycles. The molecule has 0 fully saturated rings. The maximum absolute atomic E-state index is 9.67. The third kappa shape index (κ3) is 1170. The van der Waals surface area contributed by atoms with E-state index in [1.54, 1.807) is 0 Å². The minimum Gasteiger partial charge on any atom is -1.00 e. The fourth-order valence-corrected chi connectivity index (χ4v) is 0. The summed E-state index contributed by atoms with van der Waals surface area (Å²) in [6.45, 7) is -7.33. The quantitative estimate of drug-likeness (QED) is 0.292. The van der Waals surface area contributed by atoms with Crippen LogP contribution in [0.3, 0.4) is 0 Å². The molecule has 0 aromatic heterocycles. The van der Waals surface area contributed by atoms with Gasteiger partial charge in [-0.15, -0.1) is 0 Å². The molecule has 0 unspecified atom stereocenters. The van der Waals surface area contributed by atoms with Crippen LogP contribution in [-0.2, 0) is 13.5 Å². The molecule has 0 nitrogen and oxygen atoms in total. The van der Waals surface area contributed by atoms with E-state index in [0.29, 0.717) is 0 Å². The van der Waals surface area contributed by atoms with E-state index in [9.17, 15) is 26.3 Å². The minimum absolute atomic E-state index is 0. The summed E-state index contributed by atoms with van der Waals surface area (Å²) >= 11 is 0. The van der Waals surface area contributed by atoms with E-state index < -0.39 is 13.4 Å². The van der Waals surface area contributed by atoms with Crippen molar-refractivity contribution in [3.8, 4) is 0 Å². The fourth-order valence-electron chi connectivity index (χ4n) is 0. The summed E-state index contributed by atoms with van der Waals surface area (Å²) in [6.07, 6.45) is 0. The predicted molar refractivity (Wildman–Crippen MR) is 25.8 cm³/mol. The molecule has 8 heteroatoms. The number of alkyl halides is 6. The second-order valence-electron chi connectivity index (χ2n) is 0.495.